The lowest BCUT2D eigenvalue weighted by Crippen LogP contribution is -2.48. The number of hydrogen-bond acceptors (Lipinski definition) is 8. The molecule has 0 saturated carbocycles. The summed E-state index contributed by atoms with van der Waals surface area (Å²) in [4.78, 5) is 4.74. The minimum atomic E-state index is 0.00866. The van der Waals surface area contributed by atoms with Crippen LogP contribution in [0.1, 0.15) is 34.7 Å². The summed E-state index contributed by atoms with van der Waals surface area (Å²) in [7, 11) is 7.55. The van der Waals surface area contributed by atoms with E-state index < -0.39 is 0 Å². The number of allylic oxidation sites excluding steroid dienone is 1. The average Bonchev–Trinajstić information content (AvgIpc) is 3.03. The highest BCUT2D eigenvalue weighted by molar-refractivity contribution is 5.61. The lowest BCUT2D eigenvalue weighted by atomic mass is 9.74. The zero-order chi connectivity index (χ0) is 30.5. The Balaban J connectivity index is 1.40. The Morgan fingerprint density at radius 1 is 0.841 bits per heavy atom. The Labute approximate surface area is 258 Å². The third-order valence-electron chi connectivity index (χ3n) is 9.94. The van der Waals surface area contributed by atoms with E-state index in [1.54, 1.807) is 20.3 Å². The molecular formula is C36H40N2O6. The van der Waals surface area contributed by atoms with Gasteiger partial charge in [0.05, 0.1) is 14.2 Å². The summed E-state index contributed by atoms with van der Waals surface area (Å²) < 4.78 is 24.5. The summed E-state index contributed by atoms with van der Waals surface area (Å²) >= 11 is 0. The third-order valence-corrected chi connectivity index (χ3v) is 9.94. The molecule has 8 heteroatoms. The quantitative estimate of drug-likeness (QED) is 0.375. The van der Waals surface area contributed by atoms with Gasteiger partial charge in [0.1, 0.15) is 5.75 Å². The molecule has 1 fully saturated rings. The number of aromatic hydroxyl groups is 2. The molecule has 5 aliphatic rings. The highest BCUT2D eigenvalue weighted by Crippen LogP contribution is 2.49. The SMILES string of the molecule is COC1=CC2CCN(C)C3Cc4ccc(O)c(c4)Oc4ccc(cc4)CC4c5cc(OC)c(O)c(c5CCN4C)OC1=CC23. The number of phenolic OH excluding ortho intramolecular Hbond substituents is 2. The number of likely N-dealkylation sites (N-methyl/N-ethyl adjacent to an activating group) is 2. The van der Waals surface area contributed by atoms with Crippen LogP contribution >= 0.6 is 0 Å². The van der Waals surface area contributed by atoms with Crippen LogP contribution in [0.15, 0.2) is 72.2 Å². The number of fused-ring (bicyclic) bond motifs is 2. The molecule has 0 aromatic heterocycles. The van der Waals surface area contributed by atoms with E-state index >= 15 is 0 Å². The Morgan fingerprint density at radius 2 is 1.64 bits per heavy atom. The molecule has 4 aliphatic heterocycles. The van der Waals surface area contributed by atoms with Crippen LogP contribution in [0.3, 0.4) is 0 Å². The molecule has 0 amide bonds. The molecule has 3 aromatic rings. The van der Waals surface area contributed by atoms with Gasteiger partial charge < -0.3 is 34.1 Å². The third kappa shape index (κ3) is 5.06. The lowest BCUT2D eigenvalue weighted by Gasteiger charge is -2.44. The lowest BCUT2D eigenvalue weighted by molar-refractivity contribution is 0.105. The summed E-state index contributed by atoms with van der Waals surface area (Å²) in [6.45, 7) is 1.77. The number of methoxy groups -OCH3 is 2. The number of rotatable bonds is 2. The summed E-state index contributed by atoms with van der Waals surface area (Å²) in [5, 5.41) is 22.1. The highest BCUT2D eigenvalue weighted by atomic mass is 16.5. The Hall–Kier alpha value is -4.14. The topological polar surface area (TPSA) is 83.9 Å². The van der Waals surface area contributed by atoms with Crippen molar-refractivity contribution in [2.75, 3.05) is 41.4 Å². The van der Waals surface area contributed by atoms with E-state index in [9.17, 15) is 10.2 Å². The first-order chi connectivity index (χ1) is 21.3. The molecule has 4 heterocycles. The maximum absolute atomic E-state index is 11.5. The van der Waals surface area contributed by atoms with Crippen LogP contribution in [0.25, 0.3) is 0 Å². The number of benzene rings is 3. The van der Waals surface area contributed by atoms with Crippen LogP contribution in [0.4, 0.5) is 0 Å². The van der Waals surface area contributed by atoms with Gasteiger partial charge in [-0.3, -0.25) is 4.90 Å². The fourth-order valence-electron chi connectivity index (χ4n) is 7.41. The first-order valence-corrected chi connectivity index (χ1v) is 15.4. The molecule has 4 unspecified atom stereocenters. The van der Waals surface area contributed by atoms with Crippen LogP contribution in [0.2, 0.25) is 0 Å². The molecule has 8 nitrogen and oxygen atoms in total. The molecule has 0 radical (unpaired) electrons. The molecule has 3 aromatic carbocycles. The fraction of sp³-hybridized carbons (Fsp3) is 0.389. The fourth-order valence-corrected chi connectivity index (χ4v) is 7.41. The minimum absolute atomic E-state index is 0.00866. The van der Waals surface area contributed by atoms with Crippen LogP contribution in [-0.4, -0.2) is 67.5 Å². The van der Waals surface area contributed by atoms with E-state index in [-0.39, 0.29) is 35.4 Å². The Kier molecular flexibility index (Phi) is 7.42. The van der Waals surface area contributed by atoms with Gasteiger partial charge in [0, 0.05) is 30.1 Å². The normalized spacial score (nSPS) is 24.9. The summed E-state index contributed by atoms with van der Waals surface area (Å²) in [5.74, 6) is 3.80. The second-order valence-electron chi connectivity index (χ2n) is 12.5. The molecule has 44 heavy (non-hydrogen) atoms. The number of piperidine rings is 1. The maximum Gasteiger partial charge on any atom is 0.201 e. The van der Waals surface area contributed by atoms with Crippen molar-refractivity contribution in [1.29, 1.82) is 0 Å². The zero-order valence-electron chi connectivity index (χ0n) is 25.7. The van der Waals surface area contributed by atoms with Gasteiger partial charge in [0.15, 0.2) is 34.5 Å². The summed E-state index contributed by atoms with van der Waals surface area (Å²) in [6.07, 6.45) is 7.63. The van der Waals surface area contributed by atoms with Gasteiger partial charge in [-0.15, -0.1) is 0 Å². The van der Waals surface area contributed by atoms with Gasteiger partial charge >= 0.3 is 0 Å². The van der Waals surface area contributed by atoms with Crippen molar-refractivity contribution in [1.82, 2.24) is 9.80 Å². The number of hydrogen-bond donors (Lipinski definition) is 2. The second kappa shape index (κ2) is 11.4. The van der Waals surface area contributed by atoms with Crippen molar-refractivity contribution in [2.24, 2.45) is 11.8 Å². The van der Waals surface area contributed by atoms with Crippen LogP contribution in [0, 0.1) is 11.8 Å². The molecule has 8 rings (SSSR count). The number of nitrogens with zero attached hydrogens (tertiary/aromatic N) is 2. The van der Waals surface area contributed by atoms with Gasteiger partial charge in [-0.1, -0.05) is 18.2 Å². The van der Waals surface area contributed by atoms with Gasteiger partial charge in [-0.25, -0.2) is 0 Å². The van der Waals surface area contributed by atoms with Crippen LogP contribution < -0.4 is 14.2 Å². The van der Waals surface area contributed by atoms with Crippen molar-refractivity contribution in [3.8, 4) is 34.5 Å². The first-order valence-electron chi connectivity index (χ1n) is 15.4. The molecule has 1 aliphatic carbocycles. The molecule has 1 saturated heterocycles. The smallest absolute Gasteiger partial charge is 0.201 e. The zero-order valence-corrected chi connectivity index (χ0v) is 25.7. The van der Waals surface area contributed by atoms with Gasteiger partial charge in [-0.2, -0.15) is 0 Å². The molecule has 4 atom stereocenters. The Morgan fingerprint density at radius 3 is 2.41 bits per heavy atom. The Bertz CT molecular complexity index is 1630. The largest absolute Gasteiger partial charge is 0.504 e. The van der Waals surface area contributed by atoms with Gasteiger partial charge in [0.25, 0.3) is 0 Å². The van der Waals surface area contributed by atoms with Crippen LogP contribution in [-0.2, 0) is 24.0 Å². The second-order valence-corrected chi connectivity index (χ2v) is 12.5. The van der Waals surface area contributed by atoms with Gasteiger partial charge in [0.2, 0.25) is 5.75 Å². The molecular weight excluding hydrogens is 556 g/mol. The van der Waals surface area contributed by atoms with E-state index in [0.29, 0.717) is 34.5 Å². The number of ether oxygens (including phenoxy) is 4. The number of likely N-dealkylation sites (tertiary alicyclic amines) is 1. The van der Waals surface area contributed by atoms with E-state index in [4.69, 9.17) is 18.9 Å². The summed E-state index contributed by atoms with van der Waals surface area (Å²) in [5.41, 5.74) is 4.29. The van der Waals surface area contributed by atoms with E-state index in [1.807, 2.05) is 30.3 Å². The van der Waals surface area contributed by atoms with Crippen molar-refractivity contribution in [3.63, 3.8) is 0 Å². The van der Waals surface area contributed by atoms with Crippen molar-refractivity contribution in [2.45, 2.75) is 37.8 Å². The molecule has 2 N–H and O–H groups in total. The van der Waals surface area contributed by atoms with Crippen molar-refractivity contribution in [3.05, 3.63) is 94.5 Å². The molecule has 230 valence electrons. The van der Waals surface area contributed by atoms with Crippen molar-refractivity contribution >= 4 is 0 Å². The van der Waals surface area contributed by atoms with Crippen molar-refractivity contribution < 1.29 is 29.2 Å². The predicted octanol–water partition coefficient (Wildman–Crippen LogP) is 5.97. The molecule has 10 bridgehead atoms. The van der Waals surface area contributed by atoms with Gasteiger partial charge in [-0.05, 0) is 111 Å². The first kappa shape index (κ1) is 28.6. The summed E-state index contributed by atoms with van der Waals surface area (Å²) in [6, 6.07) is 15.9. The van der Waals surface area contributed by atoms with E-state index in [1.165, 1.54) is 0 Å². The predicted molar refractivity (Wildman–Crippen MR) is 168 cm³/mol. The standard InChI is InChI=1S/C36H40N2O6/c1-37-13-11-23-18-32(41-3)33-19-26(23)28(37)16-22-7-10-30(39)31(17-22)43-24-8-5-21(6-9-24)15-29-27-20-34(42-4)35(40)36(44-33)25(27)12-14-38(29)2/h5-10,17-20,23,26,28-29,39-40H,11-16H2,1-4H3. The van der Waals surface area contributed by atoms with E-state index in [2.05, 4.69) is 48.2 Å². The minimum Gasteiger partial charge on any atom is -0.504 e. The monoisotopic (exact) mass is 596 g/mol. The maximum atomic E-state index is 11.5. The average molecular weight is 597 g/mol. The molecule has 0 spiro atoms. The number of phenols is 2. The highest BCUT2D eigenvalue weighted by Gasteiger charge is 2.39. The van der Waals surface area contributed by atoms with Crippen LogP contribution in [0.5, 0.6) is 34.5 Å². The van der Waals surface area contributed by atoms with E-state index in [0.717, 1.165) is 61.0 Å².